The van der Waals surface area contributed by atoms with Crippen LogP contribution in [-0.2, 0) is 0 Å². The summed E-state index contributed by atoms with van der Waals surface area (Å²) in [5.74, 6) is 1.10. The molecule has 5 heteroatoms. The maximum Gasteiger partial charge on any atom is 0.226 e. The molecule has 1 unspecified atom stereocenters. The molecule has 0 amide bonds. The van der Waals surface area contributed by atoms with Crippen molar-refractivity contribution in [2.45, 2.75) is 26.3 Å². The lowest BCUT2D eigenvalue weighted by molar-refractivity contribution is 0.305. The molecule has 1 N–H and O–H groups in total. The third-order valence-electron chi connectivity index (χ3n) is 2.97. The Morgan fingerprint density at radius 2 is 2.05 bits per heavy atom. The van der Waals surface area contributed by atoms with Crippen molar-refractivity contribution in [1.29, 1.82) is 5.26 Å². The van der Waals surface area contributed by atoms with Gasteiger partial charge in [0.2, 0.25) is 11.8 Å². The van der Waals surface area contributed by atoms with E-state index in [2.05, 4.69) is 21.4 Å². The van der Waals surface area contributed by atoms with Gasteiger partial charge in [0.05, 0.1) is 24.3 Å². The van der Waals surface area contributed by atoms with E-state index in [0.717, 1.165) is 12.0 Å². The normalized spacial score (nSPS) is 11.5. The van der Waals surface area contributed by atoms with Gasteiger partial charge in [-0.3, -0.25) is 0 Å². The van der Waals surface area contributed by atoms with Crippen molar-refractivity contribution < 1.29 is 4.74 Å². The summed E-state index contributed by atoms with van der Waals surface area (Å²) < 4.78 is 5.49. The highest BCUT2D eigenvalue weighted by Crippen LogP contribution is 2.18. The van der Waals surface area contributed by atoms with E-state index in [0.29, 0.717) is 24.0 Å². The Morgan fingerprint density at radius 3 is 2.71 bits per heavy atom. The summed E-state index contributed by atoms with van der Waals surface area (Å²) in [7, 11) is 0. The van der Waals surface area contributed by atoms with Gasteiger partial charge in [-0.2, -0.15) is 10.2 Å². The fraction of sp³-hybridized carbons (Fsp3) is 0.312. The van der Waals surface area contributed by atoms with Crippen LogP contribution in [0.1, 0.15) is 37.4 Å². The average Bonchev–Trinajstić information content (AvgIpc) is 2.53. The molecule has 2 aromatic rings. The summed E-state index contributed by atoms with van der Waals surface area (Å²) in [5, 5.41) is 12.0. The summed E-state index contributed by atoms with van der Waals surface area (Å²) >= 11 is 0. The van der Waals surface area contributed by atoms with Crippen LogP contribution in [0.15, 0.2) is 36.5 Å². The van der Waals surface area contributed by atoms with Crippen LogP contribution in [0.25, 0.3) is 0 Å². The van der Waals surface area contributed by atoms with Gasteiger partial charge < -0.3 is 10.1 Å². The van der Waals surface area contributed by atoms with E-state index in [1.54, 1.807) is 24.4 Å². The molecule has 0 saturated carbocycles. The lowest BCUT2D eigenvalue weighted by Gasteiger charge is -2.14. The molecule has 1 heterocycles. The Balaban J connectivity index is 2.04. The zero-order chi connectivity index (χ0) is 15.1. The van der Waals surface area contributed by atoms with E-state index in [9.17, 15) is 0 Å². The van der Waals surface area contributed by atoms with E-state index < -0.39 is 0 Å². The number of aromatic nitrogens is 2. The first-order valence-corrected chi connectivity index (χ1v) is 6.95. The second kappa shape index (κ2) is 7.25. The first-order chi connectivity index (χ1) is 10.2. The van der Waals surface area contributed by atoms with Crippen molar-refractivity contribution in [2.75, 3.05) is 11.9 Å². The van der Waals surface area contributed by atoms with E-state index in [-0.39, 0.29) is 6.04 Å². The Bertz CT molecular complexity index is 619. The minimum atomic E-state index is 0.0409. The Hall–Kier alpha value is -2.61. The molecule has 0 aliphatic heterocycles. The van der Waals surface area contributed by atoms with E-state index in [1.807, 2.05) is 26.0 Å². The zero-order valence-corrected chi connectivity index (χ0v) is 12.2. The van der Waals surface area contributed by atoms with Crippen LogP contribution in [0.2, 0.25) is 0 Å². The molecule has 0 fully saturated rings. The van der Waals surface area contributed by atoms with E-state index in [4.69, 9.17) is 10.00 Å². The number of benzene rings is 1. The zero-order valence-electron chi connectivity index (χ0n) is 12.2. The van der Waals surface area contributed by atoms with Gasteiger partial charge in [-0.1, -0.05) is 19.1 Å². The molecule has 0 radical (unpaired) electrons. The van der Waals surface area contributed by atoms with Gasteiger partial charge in [0.25, 0.3) is 0 Å². The number of nitrogens with one attached hydrogen (secondary N) is 1. The number of hydrogen-bond acceptors (Lipinski definition) is 5. The van der Waals surface area contributed by atoms with Crippen molar-refractivity contribution in [3.8, 4) is 11.9 Å². The van der Waals surface area contributed by atoms with Gasteiger partial charge in [-0.15, -0.1) is 0 Å². The minimum absolute atomic E-state index is 0.0409. The number of rotatable bonds is 6. The summed E-state index contributed by atoms with van der Waals surface area (Å²) in [6.07, 6.45) is 2.61. The average molecular weight is 282 g/mol. The van der Waals surface area contributed by atoms with E-state index in [1.165, 1.54) is 0 Å². The molecule has 0 aliphatic rings. The quantitative estimate of drug-likeness (QED) is 0.880. The fourth-order valence-electron chi connectivity index (χ4n) is 1.82. The molecule has 108 valence electrons. The van der Waals surface area contributed by atoms with Crippen LogP contribution in [0.4, 0.5) is 5.95 Å². The Morgan fingerprint density at radius 1 is 1.29 bits per heavy atom. The molecular formula is C16H18N4O. The third-order valence-corrected chi connectivity index (χ3v) is 2.97. The predicted molar refractivity (Wildman–Crippen MR) is 81.0 cm³/mol. The molecular weight excluding hydrogens is 264 g/mol. The highest BCUT2D eigenvalue weighted by atomic mass is 16.5. The lowest BCUT2D eigenvalue weighted by atomic mass is 10.1. The topological polar surface area (TPSA) is 70.8 Å². The summed E-state index contributed by atoms with van der Waals surface area (Å²) in [5.41, 5.74) is 1.72. The van der Waals surface area contributed by atoms with Gasteiger partial charge in [0.15, 0.2) is 0 Å². The lowest BCUT2D eigenvalue weighted by Crippen LogP contribution is -2.10. The smallest absolute Gasteiger partial charge is 0.226 e. The second-order valence-corrected chi connectivity index (χ2v) is 4.67. The Kier molecular flexibility index (Phi) is 5.10. The van der Waals surface area contributed by atoms with Gasteiger partial charge in [-0.05, 0) is 31.0 Å². The van der Waals surface area contributed by atoms with Crippen LogP contribution >= 0.6 is 0 Å². The molecule has 0 aliphatic carbocycles. The van der Waals surface area contributed by atoms with Crippen LogP contribution in [0.5, 0.6) is 5.88 Å². The molecule has 1 aromatic heterocycles. The highest BCUT2D eigenvalue weighted by Gasteiger charge is 2.08. The second-order valence-electron chi connectivity index (χ2n) is 4.67. The summed E-state index contributed by atoms with van der Waals surface area (Å²) in [6.45, 7) is 4.71. The molecule has 5 nitrogen and oxygen atoms in total. The first-order valence-electron chi connectivity index (χ1n) is 6.95. The molecule has 0 bridgehead atoms. The van der Waals surface area contributed by atoms with Crippen molar-refractivity contribution in [3.63, 3.8) is 0 Å². The molecule has 1 aromatic carbocycles. The molecule has 21 heavy (non-hydrogen) atoms. The fourth-order valence-corrected chi connectivity index (χ4v) is 1.82. The number of hydrogen-bond donors (Lipinski definition) is 1. The molecule has 1 atom stereocenters. The SMILES string of the molecule is CCCOc1ccnc(NC(C)c2ccc(C#N)cc2)n1. The number of nitriles is 1. The summed E-state index contributed by atoms with van der Waals surface area (Å²) in [4.78, 5) is 8.50. The number of anilines is 1. The first kappa shape index (κ1) is 14.8. The maximum absolute atomic E-state index is 8.80. The molecule has 2 rings (SSSR count). The molecule has 0 saturated heterocycles. The maximum atomic E-state index is 8.80. The number of nitrogens with zero attached hydrogens (tertiary/aromatic N) is 3. The highest BCUT2D eigenvalue weighted by molar-refractivity contribution is 5.37. The van der Waals surface area contributed by atoms with E-state index >= 15 is 0 Å². The van der Waals surface area contributed by atoms with Crippen molar-refractivity contribution in [2.24, 2.45) is 0 Å². The standard InChI is InChI=1S/C16H18N4O/c1-3-10-21-15-8-9-18-16(20-15)19-12(2)14-6-4-13(11-17)5-7-14/h4-9,12H,3,10H2,1-2H3,(H,18,19,20). The molecule has 0 spiro atoms. The Labute approximate surface area is 124 Å². The largest absolute Gasteiger partial charge is 0.478 e. The van der Waals surface area contributed by atoms with Gasteiger partial charge in [0, 0.05) is 12.3 Å². The van der Waals surface area contributed by atoms with Crippen molar-refractivity contribution >= 4 is 5.95 Å². The van der Waals surface area contributed by atoms with Gasteiger partial charge in [-0.25, -0.2) is 4.98 Å². The number of ether oxygens (including phenoxy) is 1. The van der Waals surface area contributed by atoms with Crippen molar-refractivity contribution in [3.05, 3.63) is 47.7 Å². The monoisotopic (exact) mass is 282 g/mol. The van der Waals surface area contributed by atoms with Gasteiger partial charge >= 0.3 is 0 Å². The van der Waals surface area contributed by atoms with Crippen LogP contribution in [-0.4, -0.2) is 16.6 Å². The summed E-state index contributed by atoms with van der Waals surface area (Å²) in [6, 6.07) is 11.3. The third kappa shape index (κ3) is 4.18. The van der Waals surface area contributed by atoms with Crippen LogP contribution in [0, 0.1) is 11.3 Å². The van der Waals surface area contributed by atoms with Crippen LogP contribution < -0.4 is 10.1 Å². The van der Waals surface area contributed by atoms with Crippen molar-refractivity contribution in [1.82, 2.24) is 9.97 Å². The van der Waals surface area contributed by atoms with Crippen LogP contribution in [0.3, 0.4) is 0 Å². The minimum Gasteiger partial charge on any atom is -0.478 e. The van der Waals surface area contributed by atoms with Gasteiger partial charge in [0.1, 0.15) is 0 Å². The predicted octanol–water partition coefficient (Wildman–Crippen LogP) is 3.31.